The standard InChI is InChI=1S/C14H13NO3/c16-14(17)12-6-11-8-15(9-13(11)18-12)7-10-4-2-1-3-5-10/h1-6H,7-9H2,(H,16,17). The predicted molar refractivity (Wildman–Crippen MR) is 65.1 cm³/mol. The molecule has 0 fully saturated rings. The molecule has 4 heteroatoms. The first kappa shape index (κ1) is 11.0. The van der Waals surface area contributed by atoms with Crippen LogP contribution in [0.15, 0.2) is 40.8 Å². The highest BCUT2D eigenvalue weighted by Crippen LogP contribution is 2.27. The minimum Gasteiger partial charge on any atom is -0.475 e. The van der Waals surface area contributed by atoms with Crippen molar-refractivity contribution in [2.75, 3.05) is 0 Å². The number of hydrogen-bond donors (Lipinski definition) is 1. The Morgan fingerprint density at radius 3 is 2.72 bits per heavy atom. The molecule has 0 atom stereocenters. The molecule has 0 spiro atoms. The van der Waals surface area contributed by atoms with E-state index in [2.05, 4.69) is 17.0 Å². The van der Waals surface area contributed by atoms with Crippen LogP contribution in [0.3, 0.4) is 0 Å². The largest absolute Gasteiger partial charge is 0.475 e. The molecule has 1 aromatic heterocycles. The zero-order valence-corrected chi connectivity index (χ0v) is 9.80. The number of furan rings is 1. The Balaban J connectivity index is 1.70. The van der Waals surface area contributed by atoms with Gasteiger partial charge in [0.05, 0.1) is 6.54 Å². The summed E-state index contributed by atoms with van der Waals surface area (Å²) in [5.41, 5.74) is 2.24. The van der Waals surface area contributed by atoms with Gasteiger partial charge in [0.1, 0.15) is 5.76 Å². The molecule has 1 N–H and O–H groups in total. The summed E-state index contributed by atoms with van der Waals surface area (Å²) in [6.45, 7) is 2.28. The van der Waals surface area contributed by atoms with Crippen molar-refractivity contribution in [3.63, 3.8) is 0 Å². The van der Waals surface area contributed by atoms with Crippen LogP contribution in [-0.4, -0.2) is 16.0 Å². The molecule has 4 nitrogen and oxygen atoms in total. The molecular weight excluding hydrogens is 230 g/mol. The van der Waals surface area contributed by atoms with Crippen molar-refractivity contribution in [1.82, 2.24) is 4.90 Å². The summed E-state index contributed by atoms with van der Waals surface area (Å²) in [5, 5.41) is 8.84. The summed E-state index contributed by atoms with van der Waals surface area (Å²) < 4.78 is 5.31. The first-order valence-electron chi connectivity index (χ1n) is 5.83. The van der Waals surface area contributed by atoms with Gasteiger partial charge in [-0.15, -0.1) is 0 Å². The third kappa shape index (κ3) is 2.02. The summed E-state index contributed by atoms with van der Waals surface area (Å²) in [6, 6.07) is 11.8. The van der Waals surface area contributed by atoms with Gasteiger partial charge in [0.25, 0.3) is 0 Å². The molecule has 1 aliphatic rings. The zero-order chi connectivity index (χ0) is 12.5. The fraction of sp³-hybridized carbons (Fsp3) is 0.214. The minimum atomic E-state index is -1.00. The minimum absolute atomic E-state index is 0.0411. The Morgan fingerprint density at radius 2 is 2.06 bits per heavy atom. The van der Waals surface area contributed by atoms with Gasteiger partial charge in [-0.2, -0.15) is 0 Å². The van der Waals surface area contributed by atoms with Crippen molar-refractivity contribution in [3.05, 3.63) is 59.0 Å². The fourth-order valence-corrected chi connectivity index (χ4v) is 2.29. The molecule has 18 heavy (non-hydrogen) atoms. The Kier molecular flexibility index (Phi) is 2.64. The second kappa shape index (κ2) is 4.31. The number of carboxylic acid groups (broad SMARTS) is 1. The van der Waals surface area contributed by atoms with Gasteiger partial charge in [-0.25, -0.2) is 4.79 Å². The lowest BCUT2D eigenvalue weighted by molar-refractivity contribution is 0.0658. The van der Waals surface area contributed by atoms with Crippen molar-refractivity contribution < 1.29 is 14.3 Å². The zero-order valence-electron chi connectivity index (χ0n) is 9.80. The first-order chi connectivity index (χ1) is 8.72. The van der Waals surface area contributed by atoms with E-state index in [9.17, 15) is 4.79 Å². The van der Waals surface area contributed by atoms with E-state index in [0.717, 1.165) is 24.4 Å². The Hall–Kier alpha value is -2.07. The van der Waals surface area contributed by atoms with E-state index in [0.29, 0.717) is 6.54 Å². The molecule has 92 valence electrons. The molecule has 1 aromatic carbocycles. The van der Waals surface area contributed by atoms with Crippen molar-refractivity contribution in [3.8, 4) is 0 Å². The summed E-state index contributed by atoms with van der Waals surface area (Å²) in [6.07, 6.45) is 0. The lowest BCUT2D eigenvalue weighted by Crippen LogP contribution is -2.15. The molecule has 0 amide bonds. The van der Waals surface area contributed by atoms with Crippen molar-refractivity contribution in [2.45, 2.75) is 19.6 Å². The number of nitrogens with zero attached hydrogens (tertiary/aromatic N) is 1. The highest BCUT2D eigenvalue weighted by Gasteiger charge is 2.25. The number of hydrogen-bond acceptors (Lipinski definition) is 3. The van der Waals surface area contributed by atoms with Crippen LogP contribution >= 0.6 is 0 Å². The lowest BCUT2D eigenvalue weighted by atomic mass is 10.2. The third-order valence-corrected chi connectivity index (χ3v) is 3.12. The topological polar surface area (TPSA) is 53.7 Å². The maximum Gasteiger partial charge on any atom is 0.371 e. The van der Waals surface area contributed by atoms with Crippen LogP contribution in [0.5, 0.6) is 0 Å². The normalized spacial score (nSPS) is 14.7. The molecule has 0 unspecified atom stereocenters. The van der Waals surface area contributed by atoms with Gasteiger partial charge in [-0.3, -0.25) is 4.90 Å². The van der Waals surface area contributed by atoms with Gasteiger partial charge in [-0.05, 0) is 11.6 Å². The van der Waals surface area contributed by atoms with Crippen LogP contribution in [0.2, 0.25) is 0 Å². The van der Waals surface area contributed by atoms with Crippen LogP contribution in [-0.2, 0) is 19.6 Å². The van der Waals surface area contributed by atoms with Gasteiger partial charge in [0, 0.05) is 18.7 Å². The summed E-state index contributed by atoms with van der Waals surface area (Å²) >= 11 is 0. The monoisotopic (exact) mass is 243 g/mol. The van der Waals surface area contributed by atoms with E-state index in [-0.39, 0.29) is 5.76 Å². The molecule has 3 rings (SSSR count). The molecule has 1 aliphatic heterocycles. The van der Waals surface area contributed by atoms with E-state index in [4.69, 9.17) is 9.52 Å². The number of carbonyl (C=O) groups is 1. The number of aromatic carboxylic acids is 1. The molecule has 0 saturated heterocycles. The van der Waals surface area contributed by atoms with E-state index in [1.54, 1.807) is 6.07 Å². The Labute approximate surface area is 104 Å². The third-order valence-electron chi connectivity index (χ3n) is 3.12. The molecule has 0 radical (unpaired) electrons. The van der Waals surface area contributed by atoms with Gasteiger partial charge in [0.2, 0.25) is 5.76 Å². The van der Waals surface area contributed by atoms with Gasteiger partial charge >= 0.3 is 5.97 Å². The highest BCUT2D eigenvalue weighted by molar-refractivity contribution is 5.84. The van der Waals surface area contributed by atoms with Crippen LogP contribution < -0.4 is 0 Å². The number of benzene rings is 1. The summed E-state index contributed by atoms with van der Waals surface area (Å²) in [4.78, 5) is 13.0. The molecule has 0 saturated carbocycles. The Bertz CT molecular complexity index is 550. The summed E-state index contributed by atoms with van der Waals surface area (Å²) in [7, 11) is 0. The fourth-order valence-electron chi connectivity index (χ4n) is 2.29. The van der Waals surface area contributed by atoms with E-state index in [1.807, 2.05) is 18.2 Å². The second-order valence-corrected chi connectivity index (χ2v) is 4.49. The number of carboxylic acids is 1. The smallest absolute Gasteiger partial charge is 0.371 e. The number of rotatable bonds is 3. The van der Waals surface area contributed by atoms with Gasteiger partial charge in [-0.1, -0.05) is 30.3 Å². The number of fused-ring (bicyclic) bond motifs is 1. The molecule has 0 bridgehead atoms. The molecule has 0 aliphatic carbocycles. The van der Waals surface area contributed by atoms with Crippen molar-refractivity contribution in [1.29, 1.82) is 0 Å². The van der Waals surface area contributed by atoms with E-state index < -0.39 is 5.97 Å². The SMILES string of the molecule is O=C(O)c1cc2c(o1)CN(Cc1ccccc1)C2. The maximum atomic E-state index is 10.8. The molecule has 2 aromatic rings. The van der Waals surface area contributed by atoms with Crippen LogP contribution in [0.4, 0.5) is 0 Å². The predicted octanol–water partition coefficient (Wildman–Crippen LogP) is 2.49. The van der Waals surface area contributed by atoms with Gasteiger partial charge in [0.15, 0.2) is 0 Å². The molecular formula is C14H13NO3. The molecule has 2 heterocycles. The quantitative estimate of drug-likeness (QED) is 0.899. The highest BCUT2D eigenvalue weighted by atomic mass is 16.4. The average molecular weight is 243 g/mol. The second-order valence-electron chi connectivity index (χ2n) is 4.49. The van der Waals surface area contributed by atoms with Crippen molar-refractivity contribution >= 4 is 5.97 Å². The Morgan fingerprint density at radius 1 is 1.28 bits per heavy atom. The first-order valence-corrected chi connectivity index (χ1v) is 5.83. The summed E-state index contributed by atoms with van der Waals surface area (Å²) in [5.74, 6) is -0.179. The van der Waals surface area contributed by atoms with E-state index in [1.165, 1.54) is 5.56 Å². The lowest BCUT2D eigenvalue weighted by Gasteiger charge is -2.14. The van der Waals surface area contributed by atoms with Gasteiger partial charge < -0.3 is 9.52 Å². The van der Waals surface area contributed by atoms with E-state index >= 15 is 0 Å². The average Bonchev–Trinajstić information content (AvgIpc) is 2.88. The maximum absolute atomic E-state index is 10.8. The van der Waals surface area contributed by atoms with Crippen LogP contribution in [0, 0.1) is 0 Å². The van der Waals surface area contributed by atoms with Crippen molar-refractivity contribution in [2.24, 2.45) is 0 Å². The van der Waals surface area contributed by atoms with Crippen LogP contribution in [0.25, 0.3) is 0 Å². The van der Waals surface area contributed by atoms with Crippen LogP contribution in [0.1, 0.15) is 27.4 Å².